The van der Waals surface area contributed by atoms with Crippen LogP contribution >= 0.6 is 11.6 Å². The number of furan rings is 1. The number of unbranched alkanes of at least 4 members (excludes halogenated alkanes) is 1. The molecule has 0 unspecified atom stereocenters. The summed E-state index contributed by atoms with van der Waals surface area (Å²) in [5.74, 6) is 0.183. The molecule has 1 aromatic carbocycles. The molecule has 0 fully saturated rings. The van der Waals surface area contributed by atoms with Crippen LogP contribution in [0.2, 0.25) is 5.02 Å². The number of nitrogens with one attached hydrogen (secondary N) is 1. The van der Waals surface area contributed by atoms with Crippen molar-refractivity contribution in [2.75, 3.05) is 17.2 Å². The van der Waals surface area contributed by atoms with E-state index in [2.05, 4.69) is 4.98 Å². The number of carbonyl (C=O) groups is 1. The molecular formula is C24H29ClN4O4. The maximum Gasteiger partial charge on any atom is 0.330 e. The number of H-pyrrole nitrogens is 1. The molecule has 0 atom stereocenters. The Bertz CT molecular complexity index is 1240. The molecule has 0 radical (unpaired) electrons. The van der Waals surface area contributed by atoms with Crippen molar-refractivity contribution in [2.24, 2.45) is 5.92 Å². The zero-order chi connectivity index (χ0) is 24.1. The van der Waals surface area contributed by atoms with Gasteiger partial charge in [0, 0.05) is 18.7 Å². The van der Waals surface area contributed by atoms with E-state index < -0.39 is 17.2 Å². The minimum atomic E-state index is -0.708. The van der Waals surface area contributed by atoms with E-state index in [1.165, 1.54) is 9.47 Å². The summed E-state index contributed by atoms with van der Waals surface area (Å²) >= 11 is 6.26. The maximum atomic E-state index is 13.5. The van der Waals surface area contributed by atoms with Gasteiger partial charge in [-0.1, -0.05) is 50.9 Å². The molecule has 0 saturated carbocycles. The molecule has 176 valence electrons. The molecule has 0 aliphatic heterocycles. The first-order valence-electron chi connectivity index (χ1n) is 11.0. The molecule has 0 saturated heterocycles. The molecule has 0 spiro atoms. The molecule has 3 N–H and O–H groups in total. The highest BCUT2D eigenvalue weighted by atomic mass is 35.5. The number of rotatable bonds is 9. The largest absolute Gasteiger partial charge is 0.451 e. The summed E-state index contributed by atoms with van der Waals surface area (Å²) in [6, 6.07) is 10.3. The van der Waals surface area contributed by atoms with Crippen LogP contribution in [0.1, 0.15) is 50.6 Å². The van der Waals surface area contributed by atoms with Gasteiger partial charge in [0.1, 0.15) is 11.6 Å². The molecular weight excluding hydrogens is 444 g/mol. The van der Waals surface area contributed by atoms with Gasteiger partial charge in [0.25, 0.3) is 11.5 Å². The van der Waals surface area contributed by atoms with Crippen molar-refractivity contribution in [3.8, 4) is 11.3 Å². The van der Waals surface area contributed by atoms with Gasteiger partial charge in [0.05, 0.1) is 5.02 Å². The van der Waals surface area contributed by atoms with Crippen molar-refractivity contribution in [2.45, 2.75) is 46.6 Å². The van der Waals surface area contributed by atoms with E-state index in [-0.39, 0.29) is 29.7 Å². The Morgan fingerprint density at radius 2 is 1.94 bits per heavy atom. The molecule has 3 aromatic rings. The maximum absolute atomic E-state index is 13.5. The quantitative estimate of drug-likeness (QED) is 0.475. The fourth-order valence-corrected chi connectivity index (χ4v) is 3.70. The summed E-state index contributed by atoms with van der Waals surface area (Å²) < 4.78 is 7.12. The first-order chi connectivity index (χ1) is 15.7. The Hall–Kier alpha value is -3.26. The Balaban J connectivity index is 2.06. The third-order valence-corrected chi connectivity index (χ3v) is 5.68. The average molecular weight is 473 g/mol. The number of hydrogen-bond acceptors (Lipinski definition) is 5. The lowest BCUT2D eigenvalue weighted by Gasteiger charge is -2.24. The van der Waals surface area contributed by atoms with Gasteiger partial charge in [-0.15, -0.1) is 0 Å². The molecule has 0 aliphatic carbocycles. The minimum absolute atomic E-state index is 0.0350. The highest BCUT2D eigenvalue weighted by Gasteiger charge is 2.27. The van der Waals surface area contributed by atoms with E-state index in [4.69, 9.17) is 21.8 Å². The summed E-state index contributed by atoms with van der Waals surface area (Å²) in [5.41, 5.74) is 5.57. The summed E-state index contributed by atoms with van der Waals surface area (Å²) in [7, 11) is 0. The van der Waals surface area contributed by atoms with Gasteiger partial charge in [-0.2, -0.15) is 0 Å². The van der Waals surface area contributed by atoms with E-state index in [0.29, 0.717) is 35.7 Å². The average Bonchev–Trinajstić information content (AvgIpc) is 3.25. The highest BCUT2D eigenvalue weighted by Crippen LogP contribution is 2.30. The first kappa shape index (κ1) is 24.4. The van der Waals surface area contributed by atoms with Crippen molar-refractivity contribution in [3.63, 3.8) is 0 Å². The van der Waals surface area contributed by atoms with Crippen molar-refractivity contribution >= 4 is 29.0 Å². The zero-order valence-electron chi connectivity index (χ0n) is 19.1. The van der Waals surface area contributed by atoms with Crippen LogP contribution in [-0.4, -0.2) is 22.0 Å². The van der Waals surface area contributed by atoms with Crippen molar-refractivity contribution in [1.82, 2.24) is 9.55 Å². The number of nitrogens with two attached hydrogens (primary N) is 1. The lowest BCUT2D eigenvalue weighted by molar-refractivity contribution is 0.0959. The number of aromatic nitrogens is 2. The SMILES string of the molecule is CCCCn1c(N)c(N(CCC(C)C)C(=O)c2ccc(-c3ccccc3Cl)o2)c(=O)[nH]c1=O. The Labute approximate surface area is 197 Å². The Morgan fingerprint density at radius 1 is 1.21 bits per heavy atom. The fourth-order valence-electron chi connectivity index (χ4n) is 3.47. The summed E-state index contributed by atoms with van der Waals surface area (Å²) in [4.78, 5) is 42.2. The van der Waals surface area contributed by atoms with E-state index in [1.807, 2.05) is 26.8 Å². The zero-order valence-corrected chi connectivity index (χ0v) is 19.8. The Kier molecular flexibility index (Phi) is 7.81. The molecule has 8 nitrogen and oxygen atoms in total. The van der Waals surface area contributed by atoms with Crippen LogP contribution in [0.15, 0.2) is 50.4 Å². The third-order valence-electron chi connectivity index (χ3n) is 5.35. The van der Waals surface area contributed by atoms with Crippen molar-refractivity contribution in [1.29, 1.82) is 0 Å². The van der Waals surface area contributed by atoms with E-state index in [1.54, 1.807) is 30.3 Å². The molecule has 3 rings (SSSR count). The smallest absolute Gasteiger partial charge is 0.330 e. The van der Waals surface area contributed by atoms with Gasteiger partial charge < -0.3 is 10.2 Å². The molecule has 33 heavy (non-hydrogen) atoms. The lowest BCUT2D eigenvalue weighted by atomic mass is 10.1. The van der Waals surface area contributed by atoms with Gasteiger partial charge in [-0.05, 0) is 43.0 Å². The number of nitrogens with zero attached hydrogens (tertiary/aromatic N) is 2. The highest BCUT2D eigenvalue weighted by molar-refractivity contribution is 6.33. The first-order valence-corrected chi connectivity index (χ1v) is 11.4. The predicted molar refractivity (Wildman–Crippen MR) is 131 cm³/mol. The van der Waals surface area contributed by atoms with Crippen LogP contribution in [0.5, 0.6) is 0 Å². The second kappa shape index (κ2) is 10.6. The van der Waals surface area contributed by atoms with Crippen LogP contribution in [0.4, 0.5) is 11.5 Å². The van der Waals surface area contributed by atoms with Gasteiger partial charge in [0.15, 0.2) is 11.4 Å². The van der Waals surface area contributed by atoms with Crippen molar-refractivity contribution < 1.29 is 9.21 Å². The molecule has 9 heteroatoms. The normalized spacial score (nSPS) is 11.2. The van der Waals surface area contributed by atoms with Gasteiger partial charge in [-0.3, -0.25) is 24.0 Å². The third kappa shape index (κ3) is 5.39. The second-order valence-corrected chi connectivity index (χ2v) is 8.69. The van der Waals surface area contributed by atoms with Crippen LogP contribution in [0.25, 0.3) is 11.3 Å². The van der Waals surface area contributed by atoms with E-state index in [0.717, 1.165) is 6.42 Å². The predicted octanol–water partition coefficient (Wildman–Crippen LogP) is 4.53. The summed E-state index contributed by atoms with van der Waals surface area (Å²) in [6.07, 6.45) is 2.17. The van der Waals surface area contributed by atoms with Crippen molar-refractivity contribution in [3.05, 3.63) is 68.0 Å². The lowest BCUT2D eigenvalue weighted by Crippen LogP contribution is -2.41. The molecule has 1 amide bonds. The number of benzene rings is 1. The Morgan fingerprint density at radius 3 is 2.61 bits per heavy atom. The molecule has 0 bridgehead atoms. The molecule has 0 aliphatic rings. The van der Waals surface area contributed by atoms with Gasteiger partial charge in [0.2, 0.25) is 0 Å². The van der Waals surface area contributed by atoms with Gasteiger partial charge in [-0.25, -0.2) is 4.79 Å². The number of halogens is 1. The number of hydrogen-bond donors (Lipinski definition) is 2. The van der Waals surface area contributed by atoms with Crippen LogP contribution in [0, 0.1) is 5.92 Å². The topological polar surface area (TPSA) is 114 Å². The second-order valence-electron chi connectivity index (χ2n) is 8.28. The van der Waals surface area contributed by atoms with Crippen LogP contribution in [0.3, 0.4) is 0 Å². The van der Waals surface area contributed by atoms with E-state index in [9.17, 15) is 14.4 Å². The number of amides is 1. The van der Waals surface area contributed by atoms with E-state index >= 15 is 0 Å². The standard InChI is InChI=1S/C24H29ClN4O4/c1-4-5-13-29-21(26)20(22(30)27-24(29)32)28(14-12-15(2)3)23(31)19-11-10-18(33-19)16-8-6-7-9-17(16)25/h6-11,15H,4-5,12-14,26H2,1-3H3,(H,27,30,32). The minimum Gasteiger partial charge on any atom is -0.451 e. The monoisotopic (exact) mass is 472 g/mol. The summed E-state index contributed by atoms with van der Waals surface area (Å²) in [6.45, 7) is 6.59. The van der Waals surface area contributed by atoms with Gasteiger partial charge >= 0.3 is 5.69 Å². The summed E-state index contributed by atoms with van der Waals surface area (Å²) in [5, 5.41) is 0.492. The molecule has 2 aromatic heterocycles. The number of carbonyl (C=O) groups excluding carboxylic acids is 1. The molecule has 2 heterocycles. The number of anilines is 2. The number of nitrogen functional groups attached to an aromatic ring is 1. The van der Waals surface area contributed by atoms with Crippen LogP contribution in [-0.2, 0) is 6.54 Å². The number of aromatic amines is 1. The fraction of sp³-hybridized carbons (Fsp3) is 0.375. The van der Waals surface area contributed by atoms with Crippen LogP contribution < -0.4 is 21.9 Å².